The van der Waals surface area contributed by atoms with Crippen LogP contribution in [0.3, 0.4) is 0 Å². The Morgan fingerprint density at radius 3 is 2.50 bits per heavy atom. The molecule has 1 aromatic carbocycles. The average molecular weight is 279 g/mol. The van der Waals surface area contributed by atoms with Crippen LogP contribution >= 0.6 is 0 Å². The summed E-state index contributed by atoms with van der Waals surface area (Å²) in [5, 5.41) is 12.6. The maximum absolute atomic E-state index is 11.1. The summed E-state index contributed by atoms with van der Waals surface area (Å²) < 4.78 is 5.68. The maximum Gasteiger partial charge on any atom is 0.344 e. The summed E-state index contributed by atoms with van der Waals surface area (Å²) in [5.41, 5.74) is 1.03. The predicted octanol–water partition coefficient (Wildman–Crippen LogP) is 3.38. The number of aliphatic carboxylic acids is 1. The molecule has 0 aliphatic heterocycles. The lowest BCUT2D eigenvalue weighted by Gasteiger charge is -2.22. The highest BCUT2D eigenvalue weighted by atomic mass is 16.5. The molecule has 0 saturated heterocycles. The van der Waals surface area contributed by atoms with Gasteiger partial charge in [-0.05, 0) is 31.9 Å². The van der Waals surface area contributed by atoms with Crippen molar-refractivity contribution in [1.82, 2.24) is 5.32 Å². The third kappa shape index (κ3) is 4.53. The maximum atomic E-state index is 11.1. The number of carboxylic acids is 1. The van der Waals surface area contributed by atoms with E-state index in [1.807, 2.05) is 31.2 Å². The first-order valence-electron chi connectivity index (χ1n) is 7.35. The molecular weight excluding hydrogens is 254 g/mol. The Balaban J connectivity index is 2.93. The van der Waals surface area contributed by atoms with Crippen LogP contribution in [-0.2, 0) is 4.79 Å². The first-order chi connectivity index (χ1) is 9.63. The third-order valence-corrected chi connectivity index (χ3v) is 3.26. The van der Waals surface area contributed by atoms with Crippen molar-refractivity contribution < 1.29 is 14.6 Å². The number of para-hydroxylation sites is 1. The number of hydrogen-bond acceptors (Lipinski definition) is 3. The number of carbonyl (C=O) groups is 1. The molecular formula is C16H25NO3. The summed E-state index contributed by atoms with van der Waals surface area (Å²) in [5.74, 6) is -0.255. The normalized spacial score (nSPS) is 13.8. The Hall–Kier alpha value is -1.55. The van der Waals surface area contributed by atoms with E-state index in [1.165, 1.54) is 0 Å². The Bertz CT molecular complexity index is 420. The SMILES string of the molecule is CCCNC(CC)c1ccccc1OC(CC)C(=O)O. The van der Waals surface area contributed by atoms with Gasteiger partial charge in [0.25, 0.3) is 0 Å². The summed E-state index contributed by atoms with van der Waals surface area (Å²) in [6.07, 6.45) is 1.65. The van der Waals surface area contributed by atoms with Gasteiger partial charge in [0.2, 0.25) is 0 Å². The van der Waals surface area contributed by atoms with E-state index in [9.17, 15) is 4.79 Å². The first-order valence-corrected chi connectivity index (χ1v) is 7.35. The monoisotopic (exact) mass is 279 g/mol. The number of benzene rings is 1. The fraction of sp³-hybridized carbons (Fsp3) is 0.562. The molecule has 0 aliphatic rings. The van der Waals surface area contributed by atoms with Crippen molar-refractivity contribution in [3.8, 4) is 5.75 Å². The summed E-state index contributed by atoms with van der Waals surface area (Å²) in [6.45, 7) is 6.98. The molecule has 2 unspecified atom stereocenters. The van der Waals surface area contributed by atoms with Crippen LogP contribution in [0, 0.1) is 0 Å². The predicted molar refractivity (Wildman–Crippen MR) is 80.1 cm³/mol. The molecule has 4 heteroatoms. The molecule has 0 fully saturated rings. The molecule has 0 aromatic heterocycles. The number of ether oxygens (including phenoxy) is 1. The Kier molecular flexibility index (Phi) is 7.09. The summed E-state index contributed by atoms with van der Waals surface area (Å²) in [7, 11) is 0. The van der Waals surface area contributed by atoms with Gasteiger partial charge in [-0.25, -0.2) is 4.79 Å². The van der Waals surface area contributed by atoms with E-state index < -0.39 is 12.1 Å². The summed E-state index contributed by atoms with van der Waals surface area (Å²) >= 11 is 0. The number of nitrogens with one attached hydrogen (secondary N) is 1. The summed E-state index contributed by atoms with van der Waals surface area (Å²) in [6, 6.07) is 7.87. The van der Waals surface area contributed by atoms with Crippen molar-refractivity contribution in [1.29, 1.82) is 0 Å². The molecule has 20 heavy (non-hydrogen) atoms. The van der Waals surface area contributed by atoms with Crippen LogP contribution in [0.15, 0.2) is 24.3 Å². The topological polar surface area (TPSA) is 58.6 Å². The van der Waals surface area contributed by atoms with Crippen LogP contribution in [0.5, 0.6) is 5.75 Å². The smallest absolute Gasteiger partial charge is 0.344 e. The second kappa shape index (κ2) is 8.59. The lowest BCUT2D eigenvalue weighted by molar-refractivity contribution is -0.145. The number of rotatable bonds is 9. The third-order valence-electron chi connectivity index (χ3n) is 3.26. The van der Waals surface area contributed by atoms with E-state index in [4.69, 9.17) is 9.84 Å². The molecule has 0 amide bonds. The molecule has 0 heterocycles. The standard InChI is InChI=1S/C16H25NO3/c1-4-11-17-13(5-2)12-9-7-8-10-15(12)20-14(6-3)16(18)19/h7-10,13-14,17H,4-6,11H2,1-3H3,(H,18,19). The zero-order chi connectivity index (χ0) is 15.0. The molecule has 1 rings (SSSR count). The minimum Gasteiger partial charge on any atom is -0.479 e. The van der Waals surface area contributed by atoms with E-state index in [0.717, 1.165) is 24.9 Å². The van der Waals surface area contributed by atoms with Gasteiger partial charge in [0.1, 0.15) is 5.75 Å². The molecule has 0 bridgehead atoms. The van der Waals surface area contributed by atoms with Gasteiger partial charge >= 0.3 is 5.97 Å². The van der Waals surface area contributed by atoms with Crippen LogP contribution in [0.25, 0.3) is 0 Å². The van der Waals surface area contributed by atoms with Gasteiger partial charge in [0.15, 0.2) is 6.10 Å². The lowest BCUT2D eigenvalue weighted by atomic mass is 10.0. The van der Waals surface area contributed by atoms with Crippen LogP contribution in [0.2, 0.25) is 0 Å². The summed E-state index contributed by atoms with van der Waals surface area (Å²) in [4.78, 5) is 11.1. The van der Waals surface area contributed by atoms with Gasteiger partial charge in [-0.1, -0.05) is 39.0 Å². The van der Waals surface area contributed by atoms with Crippen molar-refractivity contribution in [3.63, 3.8) is 0 Å². The van der Waals surface area contributed by atoms with Crippen LogP contribution < -0.4 is 10.1 Å². The molecule has 0 aliphatic carbocycles. The molecule has 1 aromatic rings. The van der Waals surface area contributed by atoms with Gasteiger partial charge in [0, 0.05) is 11.6 Å². The highest BCUT2D eigenvalue weighted by Gasteiger charge is 2.20. The van der Waals surface area contributed by atoms with E-state index >= 15 is 0 Å². The number of hydrogen-bond donors (Lipinski definition) is 2. The molecule has 0 spiro atoms. The second-order valence-corrected chi connectivity index (χ2v) is 4.81. The highest BCUT2D eigenvalue weighted by molar-refractivity contribution is 5.72. The average Bonchev–Trinajstić information content (AvgIpc) is 2.46. The Morgan fingerprint density at radius 1 is 1.25 bits per heavy atom. The van der Waals surface area contributed by atoms with Crippen molar-refractivity contribution >= 4 is 5.97 Å². The van der Waals surface area contributed by atoms with Crippen LogP contribution in [-0.4, -0.2) is 23.7 Å². The highest BCUT2D eigenvalue weighted by Crippen LogP contribution is 2.28. The van der Waals surface area contributed by atoms with Gasteiger partial charge in [-0.3, -0.25) is 0 Å². The molecule has 2 atom stereocenters. The van der Waals surface area contributed by atoms with Crippen molar-refractivity contribution in [2.75, 3.05) is 6.54 Å². The minimum absolute atomic E-state index is 0.192. The minimum atomic E-state index is -0.920. The van der Waals surface area contributed by atoms with E-state index in [1.54, 1.807) is 0 Å². The van der Waals surface area contributed by atoms with Crippen LogP contribution in [0.4, 0.5) is 0 Å². The molecule has 4 nitrogen and oxygen atoms in total. The molecule has 0 radical (unpaired) electrons. The fourth-order valence-corrected chi connectivity index (χ4v) is 2.13. The van der Waals surface area contributed by atoms with E-state index in [-0.39, 0.29) is 6.04 Å². The van der Waals surface area contributed by atoms with Crippen molar-refractivity contribution in [3.05, 3.63) is 29.8 Å². The van der Waals surface area contributed by atoms with Crippen LogP contribution in [0.1, 0.15) is 51.6 Å². The van der Waals surface area contributed by atoms with Gasteiger partial charge in [0.05, 0.1) is 0 Å². The molecule has 0 saturated carbocycles. The van der Waals surface area contributed by atoms with Crippen molar-refractivity contribution in [2.24, 2.45) is 0 Å². The second-order valence-electron chi connectivity index (χ2n) is 4.81. The Labute approximate surface area is 121 Å². The van der Waals surface area contributed by atoms with Gasteiger partial charge < -0.3 is 15.2 Å². The van der Waals surface area contributed by atoms with E-state index in [2.05, 4.69) is 19.2 Å². The quantitative estimate of drug-likeness (QED) is 0.727. The van der Waals surface area contributed by atoms with E-state index in [0.29, 0.717) is 12.2 Å². The van der Waals surface area contributed by atoms with Gasteiger partial charge in [-0.15, -0.1) is 0 Å². The number of carboxylic acid groups (broad SMARTS) is 1. The zero-order valence-corrected chi connectivity index (χ0v) is 12.6. The fourth-order valence-electron chi connectivity index (χ4n) is 2.13. The largest absolute Gasteiger partial charge is 0.479 e. The zero-order valence-electron chi connectivity index (χ0n) is 12.6. The van der Waals surface area contributed by atoms with Gasteiger partial charge in [-0.2, -0.15) is 0 Å². The van der Waals surface area contributed by atoms with Crippen molar-refractivity contribution in [2.45, 2.75) is 52.2 Å². The molecule has 112 valence electrons. The molecule has 2 N–H and O–H groups in total. The Morgan fingerprint density at radius 2 is 1.95 bits per heavy atom. The lowest BCUT2D eigenvalue weighted by Crippen LogP contribution is -2.28. The first kappa shape index (κ1) is 16.5.